The van der Waals surface area contributed by atoms with Gasteiger partial charge in [0, 0.05) is 37.6 Å². The summed E-state index contributed by atoms with van der Waals surface area (Å²) < 4.78 is 1.89. The van der Waals surface area contributed by atoms with E-state index in [1.165, 1.54) is 37.9 Å². The molecule has 2 aliphatic heterocycles. The van der Waals surface area contributed by atoms with Crippen molar-refractivity contribution in [1.82, 2.24) is 20.0 Å². The van der Waals surface area contributed by atoms with E-state index in [1.54, 1.807) is 0 Å². The van der Waals surface area contributed by atoms with Crippen molar-refractivity contribution in [2.75, 3.05) is 13.1 Å². The van der Waals surface area contributed by atoms with Crippen LogP contribution in [0.2, 0.25) is 0 Å². The Kier molecular flexibility index (Phi) is 3.49. The first-order valence-corrected chi connectivity index (χ1v) is 7.96. The van der Waals surface area contributed by atoms with E-state index in [0.717, 1.165) is 18.3 Å². The molecule has 3 heterocycles. The van der Waals surface area contributed by atoms with E-state index in [0.29, 0.717) is 6.04 Å². The van der Waals surface area contributed by atoms with Gasteiger partial charge in [-0.15, -0.1) is 0 Å². The van der Waals surface area contributed by atoms with E-state index < -0.39 is 0 Å². The first-order valence-electron chi connectivity index (χ1n) is 7.96. The monoisotopic (exact) mass is 282 g/mol. The quantitative estimate of drug-likeness (QED) is 0.933. The van der Waals surface area contributed by atoms with Gasteiger partial charge in [0.05, 0.1) is 5.69 Å². The molecule has 0 aliphatic carbocycles. The minimum absolute atomic E-state index is 0.679. The number of benzene rings is 1. The Hall–Kier alpha value is -1.65. The van der Waals surface area contributed by atoms with Gasteiger partial charge in [-0.2, -0.15) is 5.10 Å². The first-order chi connectivity index (χ1) is 10.4. The molecule has 1 N–H and O–H groups in total. The molecule has 0 amide bonds. The summed E-state index contributed by atoms with van der Waals surface area (Å²) in [5.74, 6) is 0. The lowest BCUT2D eigenvalue weighted by Crippen LogP contribution is -2.38. The van der Waals surface area contributed by atoms with Gasteiger partial charge in [-0.25, -0.2) is 4.68 Å². The summed E-state index contributed by atoms with van der Waals surface area (Å²) in [6.07, 6.45) is 7.83. The van der Waals surface area contributed by atoms with Crippen LogP contribution >= 0.6 is 0 Å². The highest BCUT2D eigenvalue weighted by Gasteiger charge is 2.36. The van der Waals surface area contributed by atoms with Crippen molar-refractivity contribution in [3.63, 3.8) is 0 Å². The van der Waals surface area contributed by atoms with Gasteiger partial charge in [0.1, 0.15) is 0 Å². The average molecular weight is 282 g/mol. The van der Waals surface area contributed by atoms with Gasteiger partial charge in [0.25, 0.3) is 0 Å². The first kappa shape index (κ1) is 13.0. The zero-order valence-electron chi connectivity index (χ0n) is 12.3. The van der Waals surface area contributed by atoms with E-state index in [-0.39, 0.29) is 0 Å². The van der Waals surface area contributed by atoms with Crippen molar-refractivity contribution in [2.24, 2.45) is 0 Å². The molecule has 1 aromatic carbocycles. The van der Waals surface area contributed by atoms with Gasteiger partial charge < -0.3 is 5.32 Å². The molecular weight excluding hydrogens is 260 g/mol. The largest absolute Gasteiger partial charge is 0.308 e. The lowest BCUT2D eigenvalue weighted by molar-refractivity contribution is 0.298. The summed E-state index contributed by atoms with van der Waals surface area (Å²) in [6, 6.07) is 12.1. The van der Waals surface area contributed by atoms with Gasteiger partial charge in [-0.05, 0) is 49.6 Å². The molecule has 4 heteroatoms. The third-order valence-electron chi connectivity index (χ3n) is 4.88. The highest BCUT2D eigenvalue weighted by Crippen LogP contribution is 2.28. The topological polar surface area (TPSA) is 33.1 Å². The van der Waals surface area contributed by atoms with Crippen molar-refractivity contribution >= 4 is 0 Å². The molecule has 2 fully saturated rings. The van der Waals surface area contributed by atoms with E-state index in [2.05, 4.69) is 39.6 Å². The number of hydrogen-bond donors (Lipinski definition) is 1. The predicted molar refractivity (Wildman–Crippen MR) is 83.4 cm³/mol. The van der Waals surface area contributed by atoms with Gasteiger partial charge in [-0.1, -0.05) is 12.1 Å². The minimum Gasteiger partial charge on any atom is -0.308 e. The molecule has 21 heavy (non-hydrogen) atoms. The number of fused-ring (bicyclic) bond motifs is 1. The van der Waals surface area contributed by atoms with Crippen molar-refractivity contribution in [3.8, 4) is 5.69 Å². The lowest BCUT2D eigenvalue weighted by atomic mass is 10.1. The van der Waals surface area contributed by atoms with Gasteiger partial charge in [0.15, 0.2) is 0 Å². The molecule has 2 atom stereocenters. The van der Waals surface area contributed by atoms with Gasteiger partial charge >= 0.3 is 0 Å². The number of aromatic nitrogens is 2. The Morgan fingerprint density at radius 1 is 1.14 bits per heavy atom. The Morgan fingerprint density at radius 2 is 2.05 bits per heavy atom. The number of nitrogens with one attached hydrogen (secondary N) is 1. The van der Waals surface area contributed by atoms with Crippen LogP contribution in [0.5, 0.6) is 0 Å². The Balaban J connectivity index is 1.37. The van der Waals surface area contributed by atoms with Crippen molar-refractivity contribution < 1.29 is 0 Å². The highest BCUT2D eigenvalue weighted by atomic mass is 15.3. The van der Waals surface area contributed by atoms with Crippen LogP contribution in [0, 0.1) is 0 Å². The molecule has 0 radical (unpaired) electrons. The molecule has 2 saturated heterocycles. The maximum absolute atomic E-state index is 4.26. The molecule has 2 aliphatic rings. The van der Waals surface area contributed by atoms with Gasteiger partial charge in [0.2, 0.25) is 0 Å². The van der Waals surface area contributed by atoms with Crippen LogP contribution in [0.4, 0.5) is 0 Å². The molecule has 0 saturated carbocycles. The SMILES string of the molecule is c1cnn(-c2ccc(CNC3CCN4CCCC34)cc2)c1. The smallest absolute Gasteiger partial charge is 0.0645 e. The van der Waals surface area contributed by atoms with Crippen molar-refractivity contribution in [3.05, 3.63) is 48.3 Å². The molecule has 2 unspecified atom stereocenters. The number of hydrogen-bond acceptors (Lipinski definition) is 3. The second-order valence-corrected chi connectivity index (χ2v) is 6.14. The summed E-state index contributed by atoms with van der Waals surface area (Å²) in [5.41, 5.74) is 2.47. The van der Waals surface area contributed by atoms with E-state index in [4.69, 9.17) is 0 Å². The summed E-state index contributed by atoms with van der Waals surface area (Å²) in [7, 11) is 0. The van der Waals surface area contributed by atoms with Crippen LogP contribution in [0.15, 0.2) is 42.7 Å². The molecule has 4 rings (SSSR count). The van der Waals surface area contributed by atoms with Crippen LogP contribution < -0.4 is 5.32 Å². The van der Waals surface area contributed by atoms with E-state index in [1.807, 2.05) is 23.1 Å². The molecule has 2 aromatic rings. The predicted octanol–water partition coefficient (Wildman–Crippen LogP) is 2.20. The molecule has 0 bridgehead atoms. The minimum atomic E-state index is 0.679. The van der Waals surface area contributed by atoms with Crippen molar-refractivity contribution in [2.45, 2.75) is 37.9 Å². The lowest BCUT2D eigenvalue weighted by Gasteiger charge is -2.21. The average Bonchev–Trinajstić information content (AvgIpc) is 3.24. The van der Waals surface area contributed by atoms with E-state index >= 15 is 0 Å². The zero-order valence-corrected chi connectivity index (χ0v) is 12.3. The summed E-state index contributed by atoms with van der Waals surface area (Å²) in [6.45, 7) is 3.55. The molecule has 0 spiro atoms. The number of rotatable bonds is 4. The second kappa shape index (κ2) is 5.62. The van der Waals surface area contributed by atoms with Gasteiger partial charge in [-0.3, -0.25) is 4.90 Å². The normalized spacial score (nSPS) is 25.3. The molecule has 4 nitrogen and oxygen atoms in total. The number of nitrogens with zero attached hydrogens (tertiary/aromatic N) is 3. The van der Waals surface area contributed by atoms with Crippen LogP contribution in [0.25, 0.3) is 5.69 Å². The highest BCUT2D eigenvalue weighted by molar-refractivity contribution is 5.33. The Bertz CT molecular complexity index is 575. The van der Waals surface area contributed by atoms with Crippen LogP contribution in [0.3, 0.4) is 0 Å². The Morgan fingerprint density at radius 3 is 2.86 bits per heavy atom. The van der Waals surface area contributed by atoms with Crippen LogP contribution in [-0.4, -0.2) is 39.9 Å². The summed E-state index contributed by atoms with van der Waals surface area (Å²) >= 11 is 0. The molecule has 110 valence electrons. The fraction of sp³-hybridized carbons (Fsp3) is 0.471. The fourth-order valence-electron chi connectivity index (χ4n) is 3.76. The third-order valence-corrected chi connectivity index (χ3v) is 4.88. The molecular formula is C17H22N4. The maximum Gasteiger partial charge on any atom is 0.0645 e. The third kappa shape index (κ3) is 2.61. The van der Waals surface area contributed by atoms with Crippen molar-refractivity contribution in [1.29, 1.82) is 0 Å². The maximum atomic E-state index is 4.26. The summed E-state index contributed by atoms with van der Waals surface area (Å²) in [4.78, 5) is 2.65. The standard InChI is InChI=1S/C17H22N4/c1-3-17-16(8-12-20(17)10-1)18-13-14-4-6-15(7-5-14)21-11-2-9-19-21/h2,4-7,9,11,16-18H,1,3,8,10,12-13H2. The molecule has 1 aromatic heterocycles. The van der Waals surface area contributed by atoms with Crippen LogP contribution in [0.1, 0.15) is 24.8 Å². The fourth-order valence-corrected chi connectivity index (χ4v) is 3.76. The summed E-state index contributed by atoms with van der Waals surface area (Å²) in [5, 5.41) is 8.02. The Labute approximate surface area is 125 Å². The second-order valence-electron chi connectivity index (χ2n) is 6.14. The van der Waals surface area contributed by atoms with E-state index in [9.17, 15) is 0 Å². The zero-order chi connectivity index (χ0) is 14.1. The van der Waals surface area contributed by atoms with Crippen LogP contribution in [-0.2, 0) is 6.54 Å².